The van der Waals surface area contributed by atoms with Gasteiger partial charge in [-0.2, -0.15) is 0 Å². The van der Waals surface area contributed by atoms with Gasteiger partial charge in [0.05, 0.1) is 37.0 Å². The van der Waals surface area contributed by atoms with Crippen LogP contribution in [0.4, 0.5) is 0 Å². The topological polar surface area (TPSA) is 272 Å². The van der Waals surface area contributed by atoms with Crippen molar-refractivity contribution < 1.29 is 42.7 Å². The molecule has 0 spiro atoms. The fraction of sp³-hybridized carbons (Fsp3) is 0.917. The molecule has 0 unspecified atom stereocenters. The van der Waals surface area contributed by atoms with Crippen molar-refractivity contribution in [2.45, 2.75) is 93.0 Å². The molecule has 41 heavy (non-hydrogen) atoms. The summed E-state index contributed by atoms with van der Waals surface area (Å²) in [7, 11) is -2.29. The first kappa shape index (κ1) is 34.5. The number of ether oxygens (including phenoxy) is 4. The Kier molecular flexibility index (Phi) is 12.7. The molecule has 2 fully saturated rings. The van der Waals surface area contributed by atoms with E-state index in [1.165, 1.54) is 6.92 Å². The quantitative estimate of drug-likeness (QED) is 0.0824. The van der Waals surface area contributed by atoms with E-state index in [2.05, 4.69) is 15.4 Å². The van der Waals surface area contributed by atoms with Crippen LogP contribution in [0.25, 0.3) is 0 Å². The third-order valence-electron chi connectivity index (χ3n) is 7.55. The Labute approximate surface area is 241 Å². The average molecular weight is 612 g/mol. The summed E-state index contributed by atoms with van der Waals surface area (Å²) in [5.41, 5.74) is 22.2. The van der Waals surface area contributed by atoms with Crippen LogP contribution in [-0.2, 0) is 29.0 Å². The van der Waals surface area contributed by atoms with E-state index < -0.39 is 76.8 Å². The minimum absolute atomic E-state index is 0.0114. The maximum atomic E-state index is 12.6. The molecule has 17 heteroatoms. The molecule has 3 aliphatic rings. The maximum Gasteiger partial charge on any atom is 0.215 e. The molecular formula is C24H49N7O9S. The number of hydrogen-bond donors (Lipinski definition) is 10. The second kappa shape index (κ2) is 15.1. The number of nitrogens with two attached hydrogens (primary N) is 4. The van der Waals surface area contributed by atoms with Gasteiger partial charge in [-0.15, -0.1) is 0 Å². The molecule has 1 aliphatic carbocycles. The lowest BCUT2D eigenvalue weighted by atomic mass is 9.84. The molecule has 2 heterocycles. The summed E-state index contributed by atoms with van der Waals surface area (Å²) in [6.45, 7) is 2.90. The molecule has 16 nitrogen and oxygen atoms in total. The van der Waals surface area contributed by atoms with Crippen molar-refractivity contribution in [3.05, 3.63) is 11.8 Å². The molecule has 0 aromatic carbocycles. The number of aliphatic hydroxyl groups excluding tert-OH is 2. The SMILES string of the molecule is CN[C@@H]1[C@@H](O)[C@@H](O[C@@H]2[C@@H](O)[C@H](O[C@H]3OC(CNCCCN)=CC[C@H]3N)[C@@H](N)C[C@H]2NS(=O)(=O)CCN)OC[C@]1(C)O. The van der Waals surface area contributed by atoms with Gasteiger partial charge >= 0.3 is 0 Å². The highest BCUT2D eigenvalue weighted by molar-refractivity contribution is 7.89. The third kappa shape index (κ3) is 8.99. The molecule has 0 aromatic rings. The van der Waals surface area contributed by atoms with Gasteiger partial charge < -0.3 is 67.8 Å². The molecule has 0 amide bonds. The van der Waals surface area contributed by atoms with Crippen molar-refractivity contribution >= 4 is 10.0 Å². The van der Waals surface area contributed by atoms with E-state index >= 15 is 0 Å². The predicted molar refractivity (Wildman–Crippen MR) is 149 cm³/mol. The van der Waals surface area contributed by atoms with E-state index in [-0.39, 0.29) is 25.3 Å². The van der Waals surface area contributed by atoms with Crippen LogP contribution in [0.3, 0.4) is 0 Å². The first-order valence-corrected chi connectivity index (χ1v) is 15.6. The molecule has 0 bridgehead atoms. The van der Waals surface area contributed by atoms with Crippen LogP contribution in [0.5, 0.6) is 0 Å². The number of sulfonamides is 1. The van der Waals surface area contributed by atoms with E-state index in [1.54, 1.807) is 7.05 Å². The van der Waals surface area contributed by atoms with Crippen molar-refractivity contribution in [3.8, 4) is 0 Å². The normalized spacial score (nSPS) is 40.2. The number of likely N-dealkylation sites (N-methyl/N-ethyl adjacent to an activating group) is 1. The lowest BCUT2D eigenvalue weighted by Crippen LogP contribution is -2.69. The van der Waals surface area contributed by atoms with Gasteiger partial charge in [-0.05, 0) is 52.4 Å². The summed E-state index contributed by atoms with van der Waals surface area (Å²) in [5.74, 6) is 0.269. The lowest BCUT2D eigenvalue weighted by molar-refractivity contribution is -0.303. The molecule has 2 aliphatic heterocycles. The van der Waals surface area contributed by atoms with Crippen LogP contribution in [0.1, 0.15) is 26.2 Å². The summed E-state index contributed by atoms with van der Waals surface area (Å²) in [6.07, 6.45) is -4.29. The number of hydrogen-bond acceptors (Lipinski definition) is 15. The minimum Gasteiger partial charge on any atom is -0.467 e. The van der Waals surface area contributed by atoms with E-state index in [4.69, 9.17) is 41.9 Å². The molecular weight excluding hydrogens is 562 g/mol. The van der Waals surface area contributed by atoms with Crippen LogP contribution >= 0.6 is 0 Å². The zero-order valence-corrected chi connectivity index (χ0v) is 24.5. The molecule has 240 valence electrons. The van der Waals surface area contributed by atoms with Crippen molar-refractivity contribution in [3.63, 3.8) is 0 Å². The van der Waals surface area contributed by atoms with Crippen LogP contribution < -0.4 is 38.3 Å². The van der Waals surface area contributed by atoms with Crippen molar-refractivity contribution in [2.75, 3.05) is 45.6 Å². The predicted octanol–water partition coefficient (Wildman–Crippen LogP) is -4.95. The van der Waals surface area contributed by atoms with Gasteiger partial charge in [0.2, 0.25) is 16.3 Å². The first-order valence-electron chi connectivity index (χ1n) is 14.0. The van der Waals surface area contributed by atoms with Gasteiger partial charge in [0.1, 0.15) is 35.8 Å². The molecule has 0 aromatic heterocycles. The summed E-state index contributed by atoms with van der Waals surface area (Å²) in [6, 6.07) is -3.23. The van der Waals surface area contributed by atoms with Gasteiger partial charge in [0.25, 0.3) is 0 Å². The van der Waals surface area contributed by atoms with Gasteiger partial charge in [-0.1, -0.05) is 0 Å². The Hall–Kier alpha value is -1.03. The molecule has 14 N–H and O–H groups in total. The highest BCUT2D eigenvalue weighted by Crippen LogP contribution is 2.32. The van der Waals surface area contributed by atoms with Crippen molar-refractivity contribution in [1.29, 1.82) is 0 Å². The van der Waals surface area contributed by atoms with E-state index in [9.17, 15) is 23.7 Å². The van der Waals surface area contributed by atoms with Crippen LogP contribution in [0, 0.1) is 0 Å². The maximum absolute atomic E-state index is 12.6. The molecule has 3 rings (SSSR count). The Morgan fingerprint density at radius 1 is 1.10 bits per heavy atom. The molecule has 1 saturated carbocycles. The van der Waals surface area contributed by atoms with Gasteiger partial charge in [-0.25, -0.2) is 13.1 Å². The number of rotatable bonds is 14. The second-order valence-electron chi connectivity index (χ2n) is 11.1. The monoisotopic (exact) mass is 611 g/mol. The average Bonchev–Trinajstić information content (AvgIpc) is 2.89. The second-order valence-corrected chi connectivity index (χ2v) is 13.0. The molecule has 11 atom stereocenters. The van der Waals surface area contributed by atoms with Crippen LogP contribution in [0.15, 0.2) is 11.8 Å². The highest BCUT2D eigenvalue weighted by atomic mass is 32.2. The van der Waals surface area contributed by atoms with Gasteiger partial charge in [0, 0.05) is 12.6 Å². The lowest BCUT2D eigenvalue weighted by Gasteiger charge is -2.48. The Morgan fingerprint density at radius 2 is 1.80 bits per heavy atom. The van der Waals surface area contributed by atoms with Crippen molar-refractivity contribution in [2.24, 2.45) is 22.9 Å². The number of nitrogens with one attached hydrogen (secondary N) is 3. The van der Waals surface area contributed by atoms with E-state index in [1.807, 2.05) is 6.08 Å². The third-order valence-corrected chi connectivity index (χ3v) is 8.99. The fourth-order valence-corrected chi connectivity index (χ4v) is 6.50. The number of aliphatic hydroxyl groups is 3. The zero-order chi connectivity index (χ0) is 30.4. The van der Waals surface area contributed by atoms with Crippen LogP contribution in [0.2, 0.25) is 0 Å². The van der Waals surface area contributed by atoms with E-state index in [0.29, 0.717) is 31.8 Å². The first-order chi connectivity index (χ1) is 19.3. The van der Waals surface area contributed by atoms with E-state index in [0.717, 1.165) is 6.42 Å². The summed E-state index contributed by atoms with van der Waals surface area (Å²) in [4.78, 5) is 0. The molecule has 0 radical (unpaired) electrons. The summed E-state index contributed by atoms with van der Waals surface area (Å²) < 4.78 is 51.5. The van der Waals surface area contributed by atoms with Crippen LogP contribution in [-0.4, -0.2) is 136 Å². The van der Waals surface area contributed by atoms with Gasteiger partial charge in [-0.3, -0.25) is 0 Å². The van der Waals surface area contributed by atoms with Gasteiger partial charge in [0.15, 0.2) is 6.29 Å². The summed E-state index contributed by atoms with van der Waals surface area (Å²) >= 11 is 0. The Morgan fingerprint density at radius 3 is 2.46 bits per heavy atom. The molecule has 1 saturated heterocycles. The van der Waals surface area contributed by atoms with Crippen molar-refractivity contribution in [1.82, 2.24) is 15.4 Å². The minimum atomic E-state index is -3.86. The zero-order valence-electron chi connectivity index (χ0n) is 23.7. The Bertz CT molecular complexity index is 960. The largest absolute Gasteiger partial charge is 0.467 e. The highest BCUT2D eigenvalue weighted by Gasteiger charge is 2.52. The Balaban J connectivity index is 1.78. The summed E-state index contributed by atoms with van der Waals surface area (Å²) in [5, 5.41) is 39.1. The smallest absolute Gasteiger partial charge is 0.215 e. The fourth-order valence-electron chi connectivity index (χ4n) is 5.38. The standard InChI is InChI=1S/C24H49N7O9S/c1-24(34)12-37-23(18(33)21(24)29-2)40-20-16(31-41(35,36)9-7-26)10-15(28)19(17(20)32)39-22-14(27)5-4-13(38-22)11-30-8-3-6-25/h4,14-23,29-34H,3,5-12,25-28H2,1-2H3/t14-,15+,16-,17+,18-,19-,20+,21-,22-,23-,24+/m1/s1.